The molecule has 1 amide bonds. The number of benzene rings is 1. The van der Waals surface area contributed by atoms with Gasteiger partial charge in [0, 0.05) is 16.6 Å². The van der Waals surface area contributed by atoms with Crippen LogP contribution in [0.3, 0.4) is 0 Å². The van der Waals surface area contributed by atoms with Crippen LogP contribution in [0.4, 0.5) is 10.7 Å². The van der Waals surface area contributed by atoms with E-state index >= 15 is 0 Å². The molecule has 0 bridgehead atoms. The highest BCUT2D eigenvalue weighted by Gasteiger charge is 2.48. The van der Waals surface area contributed by atoms with Gasteiger partial charge >= 0.3 is 5.00 Å². The number of anilines is 1. The summed E-state index contributed by atoms with van der Waals surface area (Å²) in [6, 6.07) is 9.18. The van der Waals surface area contributed by atoms with Crippen molar-refractivity contribution in [3.63, 3.8) is 0 Å². The van der Waals surface area contributed by atoms with Crippen LogP contribution < -0.4 is 5.32 Å². The number of carbonyl (C=O) groups is 1. The molecule has 4 rings (SSSR count). The zero-order valence-electron chi connectivity index (χ0n) is 11.8. The molecule has 6 heteroatoms. The van der Waals surface area contributed by atoms with E-state index in [0.29, 0.717) is 0 Å². The molecule has 0 atom stereocenters. The lowest BCUT2D eigenvalue weighted by molar-refractivity contribution is -0.380. The third-order valence-corrected chi connectivity index (χ3v) is 5.82. The maximum atomic E-state index is 12.4. The SMILES string of the molecule is O=C1Nc2ccc(-c3ccc([N+](=O)[O-])s3)cc2C12CCCC2. The highest BCUT2D eigenvalue weighted by molar-refractivity contribution is 7.18. The van der Waals surface area contributed by atoms with Gasteiger partial charge in [0.15, 0.2) is 0 Å². The van der Waals surface area contributed by atoms with E-state index in [4.69, 9.17) is 0 Å². The highest BCUT2D eigenvalue weighted by Crippen LogP contribution is 2.50. The molecule has 1 saturated carbocycles. The van der Waals surface area contributed by atoms with E-state index in [2.05, 4.69) is 5.32 Å². The number of nitrogens with one attached hydrogen (secondary N) is 1. The predicted octanol–water partition coefficient (Wildman–Crippen LogP) is 4.09. The van der Waals surface area contributed by atoms with Gasteiger partial charge in [-0.05, 0) is 42.2 Å². The molecule has 1 aliphatic carbocycles. The summed E-state index contributed by atoms with van der Waals surface area (Å²) in [5, 5.41) is 14.0. The summed E-state index contributed by atoms with van der Waals surface area (Å²) in [5.74, 6) is 0.106. The Bertz CT molecular complexity index is 790. The number of nitro groups is 1. The minimum absolute atomic E-state index is 0.106. The lowest BCUT2D eigenvalue weighted by atomic mass is 9.79. The topological polar surface area (TPSA) is 72.2 Å². The minimum Gasteiger partial charge on any atom is -0.325 e. The number of hydrogen-bond acceptors (Lipinski definition) is 4. The Balaban J connectivity index is 1.80. The second-order valence-electron chi connectivity index (χ2n) is 5.90. The van der Waals surface area contributed by atoms with Gasteiger partial charge in [-0.15, -0.1) is 0 Å². The Morgan fingerprint density at radius 1 is 1.18 bits per heavy atom. The molecule has 112 valence electrons. The molecule has 1 aromatic carbocycles. The lowest BCUT2D eigenvalue weighted by Gasteiger charge is -2.20. The van der Waals surface area contributed by atoms with E-state index in [0.717, 1.165) is 47.4 Å². The standard InChI is InChI=1S/C16H14N2O3S/c19-15-16(7-1-2-8-16)11-9-10(3-4-12(11)17-15)13-5-6-14(22-13)18(20)21/h3-6,9H,1-2,7-8H2,(H,17,19). The average Bonchev–Trinajstić information content (AvgIpc) is 3.22. The van der Waals surface area contributed by atoms with Crippen LogP contribution in [0.25, 0.3) is 10.4 Å². The van der Waals surface area contributed by atoms with Crippen LogP contribution in [0.2, 0.25) is 0 Å². The number of carbonyl (C=O) groups excluding carboxylic acids is 1. The molecule has 22 heavy (non-hydrogen) atoms. The van der Waals surface area contributed by atoms with Gasteiger partial charge in [-0.2, -0.15) is 0 Å². The normalized spacial score (nSPS) is 18.5. The van der Waals surface area contributed by atoms with Crippen molar-refractivity contribution in [2.45, 2.75) is 31.1 Å². The van der Waals surface area contributed by atoms with Crippen molar-refractivity contribution < 1.29 is 9.72 Å². The molecule has 0 unspecified atom stereocenters. The molecule has 1 aliphatic heterocycles. The molecular formula is C16H14N2O3S. The first-order chi connectivity index (χ1) is 10.6. The van der Waals surface area contributed by atoms with Crippen molar-refractivity contribution >= 4 is 27.9 Å². The van der Waals surface area contributed by atoms with Gasteiger partial charge in [0.05, 0.1) is 10.3 Å². The van der Waals surface area contributed by atoms with Crippen LogP contribution in [0.1, 0.15) is 31.2 Å². The maximum absolute atomic E-state index is 12.4. The Morgan fingerprint density at radius 3 is 2.64 bits per heavy atom. The third-order valence-electron chi connectivity index (χ3n) is 4.73. The second kappa shape index (κ2) is 4.64. The highest BCUT2D eigenvalue weighted by atomic mass is 32.1. The first kappa shape index (κ1) is 13.5. The molecule has 1 fully saturated rings. The van der Waals surface area contributed by atoms with E-state index < -0.39 is 0 Å². The van der Waals surface area contributed by atoms with Crippen molar-refractivity contribution in [1.82, 2.24) is 0 Å². The number of hydrogen-bond donors (Lipinski definition) is 1. The van der Waals surface area contributed by atoms with Crippen LogP contribution in [-0.2, 0) is 10.2 Å². The Kier molecular flexibility index (Phi) is 2.84. The fourth-order valence-electron chi connectivity index (χ4n) is 3.62. The quantitative estimate of drug-likeness (QED) is 0.670. The zero-order valence-corrected chi connectivity index (χ0v) is 12.6. The van der Waals surface area contributed by atoms with E-state index in [1.165, 1.54) is 17.4 Å². The van der Waals surface area contributed by atoms with E-state index in [9.17, 15) is 14.9 Å². The van der Waals surface area contributed by atoms with Crippen molar-refractivity contribution in [2.24, 2.45) is 0 Å². The van der Waals surface area contributed by atoms with Crippen LogP contribution in [0.15, 0.2) is 30.3 Å². The summed E-state index contributed by atoms with van der Waals surface area (Å²) in [6.07, 6.45) is 3.92. The van der Waals surface area contributed by atoms with Gasteiger partial charge in [-0.3, -0.25) is 14.9 Å². The Labute approximate surface area is 131 Å². The number of fused-ring (bicyclic) bond motifs is 2. The minimum atomic E-state index is -0.380. The van der Waals surface area contributed by atoms with Gasteiger partial charge < -0.3 is 5.32 Å². The second-order valence-corrected chi connectivity index (χ2v) is 6.96. The fraction of sp³-hybridized carbons (Fsp3) is 0.312. The Morgan fingerprint density at radius 2 is 1.95 bits per heavy atom. The molecule has 2 aromatic rings. The monoisotopic (exact) mass is 314 g/mol. The molecule has 1 spiro atoms. The smallest absolute Gasteiger partial charge is 0.324 e. The lowest BCUT2D eigenvalue weighted by Crippen LogP contribution is -2.30. The van der Waals surface area contributed by atoms with Crippen molar-refractivity contribution in [2.75, 3.05) is 5.32 Å². The molecule has 1 N–H and O–H groups in total. The summed E-state index contributed by atoms with van der Waals surface area (Å²) in [4.78, 5) is 23.7. The molecule has 2 aliphatic rings. The first-order valence-corrected chi connectivity index (χ1v) is 8.12. The maximum Gasteiger partial charge on any atom is 0.324 e. The summed E-state index contributed by atoms with van der Waals surface area (Å²) in [6.45, 7) is 0. The molecule has 2 heterocycles. The van der Waals surface area contributed by atoms with E-state index in [1.807, 2.05) is 18.2 Å². The fourth-order valence-corrected chi connectivity index (χ4v) is 4.44. The van der Waals surface area contributed by atoms with Gasteiger partial charge in [0.1, 0.15) is 0 Å². The van der Waals surface area contributed by atoms with Gasteiger partial charge in [-0.1, -0.05) is 30.2 Å². The summed E-state index contributed by atoms with van der Waals surface area (Å²) in [7, 11) is 0. The predicted molar refractivity (Wildman–Crippen MR) is 85.2 cm³/mol. The summed E-state index contributed by atoms with van der Waals surface area (Å²) in [5.41, 5.74) is 2.51. The number of amides is 1. The average molecular weight is 314 g/mol. The van der Waals surface area contributed by atoms with Crippen LogP contribution in [0, 0.1) is 10.1 Å². The Hall–Kier alpha value is -2.21. The van der Waals surface area contributed by atoms with Gasteiger partial charge in [-0.25, -0.2) is 0 Å². The molecule has 0 radical (unpaired) electrons. The zero-order chi connectivity index (χ0) is 15.3. The molecule has 1 aromatic heterocycles. The summed E-state index contributed by atoms with van der Waals surface area (Å²) < 4.78 is 0. The van der Waals surface area contributed by atoms with Crippen LogP contribution >= 0.6 is 11.3 Å². The van der Waals surface area contributed by atoms with Crippen molar-refractivity contribution in [3.05, 3.63) is 46.0 Å². The van der Waals surface area contributed by atoms with Crippen molar-refractivity contribution in [3.8, 4) is 10.4 Å². The van der Waals surface area contributed by atoms with Crippen LogP contribution in [-0.4, -0.2) is 10.8 Å². The summed E-state index contributed by atoms with van der Waals surface area (Å²) >= 11 is 1.17. The number of rotatable bonds is 2. The first-order valence-electron chi connectivity index (χ1n) is 7.31. The van der Waals surface area contributed by atoms with E-state index in [1.54, 1.807) is 6.07 Å². The molecular weight excluding hydrogens is 300 g/mol. The van der Waals surface area contributed by atoms with E-state index in [-0.39, 0.29) is 21.2 Å². The van der Waals surface area contributed by atoms with Gasteiger partial charge in [0.25, 0.3) is 0 Å². The number of thiophene rings is 1. The van der Waals surface area contributed by atoms with Crippen LogP contribution in [0.5, 0.6) is 0 Å². The molecule has 5 nitrogen and oxygen atoms in total. The van der Waals surface area contributed by atoms with Gasteiger partial charge in [0.2, 0.25) is 5.91 Å². The number of nitrogens with zero attached hydrogens (tertiary/aromatic N) is 1. The third kappa shape index (κ3) is 1.80. The van der Waals surface area contributed by atoms with Crippen molar-refractivity contribution in [1.29, 1.82) is 0 Å². The molecule has 0 saturated heterocycles. The largest absolute Gasteiger partial charge is 0.325 e.